The molecule has 0 saturated carbocycles. The van der Waals surface area contributed by atoms with Crippen LogP contribution in [0.3, 0.4) is 0 Å². The van der Waals surface area contributed by atoms with Crippen molar-refractivity contribution in [3.05, 3.63) is 105 Å². The van der Waals surface area contributed by atoms with Crippen molar-refractivity contribution < 1.29 is 4.74 Å². The van der Waals surface area contributed by atoms with Gasteiger partial charge in [-0.15, -0.1) is 0 Å². The van der Waals surface area contributed by atoms with E-state index in [9.17, 15) is 4.79 Å². The molecular weight excluding hydrogens is 592 g/mol. The number of aryl methyl sites for hydroxylation is 1. The highest BCUT2D eigenvalue weighted by atomic mass is 35.5. The number of nitrogens with zero attached hydrogens (tertiary/aromatic N) is 3. The molecule has 1 N–H and O–H groups in total. The van der Waals surface area contributed by atoms with E-state index < -0.39 is 0 Å². The van der Waals surface area contributed by atoms with E-state index in [-0.39, 0.29) is 17.8 Å². The van der Waals surface area contributed by atoms with Crippen molar-refractivity contribution in [1.29, 1.82) is 0 Å². The molecule has 6 rings (SSSR count). The predicted molar refractivity (Wildman–Crippen MR) is 189 cm³/mol. The lowest BCUT2D eigenvalue weighted by Crippen LogP contribution is -2.39. The molecule has 2 aliphatic rings. The molecule has 2 unspecified atom stereocenters. The summed E-state index contributed by atoms with van der Waals surface area (Å²) in [4.78, 5) is 16.0. The number of aromatic nitrogens is 2. The van der Waals surface area contributed by atoms with Gasteiger partial charge in [-0.2, -0.15) is 5.10 Å². The first-order valence-electron chi connectivity index (χ1n) is 17.5. The number of unbranched alkanes of at least 4 members (excludes halogenated alkanes) is 1. The molecule has 4 aromatic rings. The van der Waals surface area contributed by atoms with Crippen molar-refractivity contribution in [3.8, 4) is 5.75 Å². The monoisotopic (exact) mass is 640 g/mol. The summed E-state index contributed by atoms with van der Waals surface area (Å²) < 4.78 is 8.20. The van der Waals surface area contributed by atoms with Crippen LogP contribution in [0.25, 0.3) is 10.8 Å². The molecule has 46 heavy (non-hydrogen) atoms. The predicted octanol–water partition coefficient (Wildman–Crippen LogP) is 8.02. The molecule has 3 atom stereocenters. The normalized spacial score (nSPS) is 19.7. The number of rotatable bonds is 13. The van der Waals surface area contributed by atoms with E-state index in [4.69, 9.17) is 21.4 Å². The number of fused-ring (bicyclic) bond motifs is 1. The van der Waals surface area contributed by atoms with Crippen molar-refractivity contribution in [2.45, 2.75) is 96.4 Å². The Balaban J connectivity index is 0.996. The first-order chi connectivity index (χ1) is 22.6. The SMILES string of the molecule is CCC(Oc1cccc(CCCCC2CN[C@@H](Cn3nc(Cc4ccc(Cl)cc4)c4ccccc4c3=O)C2)c1)N1CCCCCC1. The van der Waals surface area contributed by atoms with Crippen LogP contribution in [-0.2, 0) is 19.4 Å². The highest BCUT2D eigenvalue weighted by Crippen LogP contribution is 2.25. The summed E-state index contributed by atoms with van der Waals surface area (Å²) in [5.41, 5.74) is 3.41. The van der Waals surface area contributed by atoms with Gasteiger partial charge in [0.15, 0.2) is 6.23 Å². The van der Waals surface area contributed by atoms with Gasteiger partial charge in [0, 0.05) is 36.0 Å². The summed E-state index contributed by atoms with van der Waals surface area (Å²) in [6.07, 6.45) is 12.8. The lowest BCUT2D eigenvalue weighted by Gasteiger charge is -2.30. The van der Waals surface area contributed by atoms with Crippen LogP contribution in [0.15, 0.2) is 77.6 Å². The Hall–Kier alpha value is -3.19. The third-order valence-electron chi connectivity index (χ3n) is 9.83. The fourth-order valence-corrected chi connectivity index (χ4v) is 7.44. The number of ether oxygens (including phenoxy) is 1. The maximum Gasteiger partial charge on any atom is 0.274 e. The fraction of sp³-hybridized carbons (Fsp3) is 0.487. The molecule has 6 nitrogen and oxygen atoms in total. The number of halogens is 1. The van der Waals surface area contributed by atoms with Gasteiger partial charge in [0.25, 0.3) is 5.56 Å². The lowest BCUT2D eigenvalue weighted by atomic mass is 9.97. The number of hydrogen-bond acceptors (Lipinski definition) is 5. The summed E-state index contributed by atoms with van der Waals surface area (Å²) in [5.74, 6) is 1.63. The zero-order chi connectivity index (χ0) is 31.7. The second kappa shape index (κ2) is 16.1. The highest BCUT2D eigenvalue weighted by Gasteiger charge is 2.25. The van der Waals surface area contributed by atoms with Crippen molar-refractivity contribution in [3.63, 3.8) is 0 Å². The summed E-state index contributed by atoms with van der Waals surface area (Å²) in [5, 5.41) is 11.0. The van der Waals surface area contributed by atoms with Crippen molar-refractivity contribution in [2.24, 2.45) is 5.92 Å². The molecule has 3 heterocycles. The van der Waals surface area contributed by atoms with Crippen molar-refractivity contribution in [2.75, 3.05) is 19.6 Å². The van der Waals surface area contributed by atoms with Crippen LogP contribution in [-0.4, -0.2) is 46.6 Å². The van der Waals surface area contributed by atoms with E-state index in [0.29, 0.717) is 18.9 Å². The van der Waals surface area contributed by atoms with Crippen LogP contribution < -0.4 is 15.6 Å². The van der Waals surface area contributed by atoms with E-state index >= 15 is 0 Å². The number of hydrogen-bond donors (Lipinski definition) is 1. The quantitative estimate of drug-likeness (QED) is 0.150. The van der Waals surface area contributed by atoms with Crippen LogP contribution in [0.5, 0.6) is 5.75 Å². The van der Waals surface area contributed by atoms with Gasteiger partial charge >= 0.3 is 0 Å². The van der Waals surface area contributed by atoms with E-state index in [2.05, 4.69) is 41.4 Å². The Morgan fingerprint density at radius 2 is 1.72 bits per heavy atom. The second-order valence-electron chi connectivity index (χ2n) is 13.3. The molecule has 0 radical (unpaired) electrons. The Morgan fingerprint density at radius 1 is 0.935 bits per heavy atom. The molecule has 2 fully saturated rings. The molecule has 0 aliphatic carbocycles. The molecule has 0 spiro atoms. The Kier molecular flexibility index (Phi) is 11.4. The lowest BCUT2D eigenvalue weighted by molar-refractivity contribution is 0.0246. The second-order valence-corrected chi connectivity index (χ2v) is 13.8. The van der Waals surface area contributed by atoms with Crippen LogP contribution in [0.2, 0.25) is 5.02 Å². The Morgan fingerprint density at radius 3 is 2.50 bits per heavy atom. The summed E-state index contributed by atoms with van der Waals surface area (Å²) in [6, 6.07) is 24.7. The van der Waals surface area contributed by atoms with Gasteiger partial charge in [-0.25, -0.2) is 4.68 Å². The maximum absolute atomic E-state index is 13.4. The minimum atomic E-state index is -0.0106. The zero-order valence-electron chi connectivity index (χ0n) is 27.3. The van der Waals surface area contributed by atoms with Gasteiger partial charge in [-0.05, 0) is 98.9 Å². The van der Waals surface area contributed by atoms with Crippen LogP contribution in [0.1, 0.15) is 81.5 Å². The molecule has 0 bridgehead atoms. The van der Waals surface area contributed by atoms with Crippen molar-refractivity contribution in [1.82, 2.24) is 20.0 Å². The molecule has 1 aromatic heterocycles. The van der Waals surface area contributed by atoms with Gasteiger partial charge in [0.2, 0.25) is 0 Å². The Bertz CT molecular complexity index is 1610. The molecule has 3 aromatic carbocycles. The molecule has 2 aliphatic heterocycles. The Labute approximate surface area is 279 Å². The number of nitrogens with one attached hydrogen (secondary N) is 1. The average molecular weight is 641 g/mol. The summed E-state index contributed by atoms with van der Waals surface area (Å²) >= 11 is 6.11. The first kappa shape index (κ1) is 32.7. The van der Waals surface area contributed by atoms with Crippen LogP contribution >= 0.6 is 11.6 Å². The third-order valence-corrected chi connectivity index (χ3v) is 10.1. The van der Waals surface area contributed by atoms with Gasteiger partial charge in [-0.3, -0.25) is 9.69 Å². The van der Waals surface area contributed by atoms with E-state index in [0.717, 1.165) is 71.7 Å². The van der Waals surface area contributed by atoms with Gasteiger partial charge in [0.1, 0.15) is 5.75 Å². The molecule has 0 amide bonds. The standard InChI is InChI=1S/C39H49ClN4O2/c1-2-38(43-22-9-3-4-10-23-43)46-34-15-11-14-29(25-34)12-5-6-13-31-24-33(41-27-31)28-44-39(45)36-17-8-7-16-35(36)37(42-44)26-30-18-20-32(40)21-19-30/h7-8,11,14-21,25,31,33,38,41H,2-6,9-10,12-13,22-24,26-28H2,1H3/t31?,33-,38?/m1/s1. The van der Waals surface area contributed by atoms with E-state index in [1.807, 2.05) is 48.5 Å². The van der Waals surface area contributed by atoms with Gasteiger partial charge in [0.05, 0.1) is 17.6 Å². The summed E-state index contributed by atoms with van der Waals surface area (Å²) in [7, 11) is 0. The van der Waals surface area contributed by atoms with Crippen LogP contribution in [0.4, 0.5) is 0 Å². The smallest absolute Gasteiger partial charge is 0.274 e. The molecular formula is C39H49ClN4O2. The topological polar surface area (TPSA) is 59.4 Å². The third kappa shape index (κ3) is 8.58. The number of likely N-dealkylation sites (tertiary alicyclic amines) is 1. The molecule has 244 valence electrons. The molecule has 2 saturated heterocycles. The first-order valence-corrected chi connectivity index (χ1v) is 17.9. The number of benzene rings is 3. The average Bonchev–Trinajstić information content (AvgIpc) is 3.34. The summed E-state index contributed by atoms with van der Waals surface area (Å²) in [6.45, 7) is 6.13. The highest BCUT2D eigenvalue weighted by molar-refractivity contribution is 6.30. The zero-order valence-corrected chi connectivity index (χ0v) is 28.1. The van der Waals surface area contributed by atoms with E-state index in [1.54, 1.807) is 4.68 Å². The molecule has 7 heteroatoms. The van der Waals surface area contributed by atoms with Crippen molar-refractivity contribution >= 4 is 22.4 Å². The largest absolute Gasteiger partial charge is 0.475 e. The van der Waals surface area contributed by atoms with E-state index in [1.165, 1.54) is 50.5 Å². The van der Waals surface area contributed by atoms with Gasteiger partial charge < -0.3 is 10.1 Å². The minimum Gasteiger partial charge on any atom is -0.475 e. The minimum absolute atomic E-state index is 0.0106. The van der Waals surface area contributed by atoms with Gasteiger partial charge in [-0.1, -0.05) is 80.3 Å². The van der Waals surface area contributed by atoms with Crippen LogP contribution in [0, 0.1) is 5.92 Å². The fourth-order valence-electron chi connectivity index (χ4n) is 7.32. The maximum atomic E-state index is 13.4.